The van der Waals surface area contributed by atoms with E-state index in [9.17, 15) is 18.0 Å². The summed E-state index contributed by atoms with van der Waals surface area (Å²) in [6.45, 7) is 3.00. The van der Waals surface area contributed by atoms with Crippen molar-refractivity contribution in [3.8, 4) is 17.1 Å². The van der Waals surface area contributed by atoms with Gasteiger partial charge in [-0.3, -0.25) is 9.69 Å². The monoisotopic (exact) mass is 496 g/mol. The predicted octanol–water partition coefficient (Wildman–Crippen LogP) is 3.78. The Hall–Kier alpha value is -3.99. The predicted molar refractivity (Wildman–Crippen MR) is 125 cm³/mol. The highest BCUT2D eigenvalue weighted by Gasteiger charge is 2.36. The van der Waals surface area contributed by atoms with Crippen LogP contribution in [0.1, 0.15) is 21.6 Å². The Bertz CT molecular complexity index is 1360. The lowest BCUT2D eigenvalue weighted by molar-refractivity contribution is -0.142. The number of carbonyl (C=O) groups excluding carboxylic acids is 1. The first kappa shape index (κ1) is 23.7. The van der Waals surface area contributed by atoms with E-state index < -0.39 is 17.8 Å². The first-order chi connectivity index (χ1) is 17.3. The summed E-state index contributed by atoms with van der Waals surface area (Å²) in [5.41, 5.74) is 0.437. The lowest BCUT2D eigenvalue weighted by Gasteiger charge is -2.34. The Balaban J connectivity index is 1.42. The van der Waals surface area contributed by atoms with Crippen molar-refractivity contribution in [2.75, 3.05) is 33.3 Å². The number of methoxy groups -OCH3 is 1. The van der Waals surface area contributed by atoms with E-state index in [-0.39, 0.29) is 16.9 Å². The molecule has 0 radical (unpaired) electrons. The van der Waals surface area contributed by atoms with Crippen LogP contribution >= 0.6 is 0 Å². The molecule has 186 valence electrons. The standard InChI is InChI=1S/C25H23F3N6O2/c1-36-22-8-7-18(14-29-22)20-13-21(25(26,27)28)34-23(31-20)19(15-30-34)24(35)33-11-9-32(10-12-33)16-17-5-3-2-4-6-17/h2-8,13-15H,9-12,16H2,1H3. The van der Waals surface area contributed by atoms with Crippen molar-refractivity contribution in [3.63, 3.8) is 0 Å². The summed E-state index contributed by atoms with van der Waals surface area (Å²) in [5.74, 6) is -0.0718. The SMILES string of the molecule is COc1ccc(-c2cc(C(F)(F)F)n3ncc(C(=O)N4CCN(Cc5ccccc5)CC4)c3n2)cn1. The van der Waals surface area contributed by atoms with Gasteiger partial charge in [0, 0.05) is 50.6 Å². The summed E-state index contributed by atoms with van der Waals surface area (Å²) in [6, 6.07) is 14.0. The molecule has 3 aromatic heterocycles. The zero-order valence-corrected chi connectivity index (χ0v) is 19.4. The largest absolute Gasteiger partial charge is 0.481 e. The Morgan fingerprint density at radius 1 is 1.03 bits per heavy atom. The molecule has 1 fully saturated rings. The van der Waals surface area contributed by atoms with E-state index in [2.05, 4.69) is 32.1 Å². The molecule has 1 amide bonds. The molecule has 0 bridgehead atoms. The van der Waals surface area contributed by atoms with E-state index in [4.69, 9.17) is 4.74 Å². The Morgan fingerprint density at radius 3 is 2.42 bits per heavy atom. The van der Waals surface area contributed by atoms with Gasteiger partial charge in [0.1, 0.15) is 5.56 Å². The molecule has 4 heterocycles. The number of pyridine rings is 1. The van der Waals surface area contributed by atoms with E-state index in [1.54, 1.807) is 11.0 Å². The number of carbonyl (C=O) groups is 1. The average molecular weight is 496 g/mol. The molecule has 1 aliphatic heterocycles. The van der Waals surface area contributed by atoms with Crippen LogP contribution in [0, 0.1) is 0 Å². The van der Waals surface area contributed by atoms with E-state index in [0.29, 0.717) is 42.1 Å². The Kier molecular flexibility index (Phi) is 6.31. The number of piperazine rings is 1. The van der Waals surface area contributed by atoms with Gasteiger partial charge < -0.3 is 9.64 Å². The highest BCUT2D eigenvalue weighted by atomic mass is 19.4. The molecule has 0 atom stereocenters. The zero-order valence-electron chi connectivity index (χ0n) is 19.4. The molecule has 1 aliphatic rings. The van der Waals surface area contributed by atoms with Crippen LogP contribution in [0.2, 0.25) is 0 Å². The van der Waals surface area contributed by atoms with Gasteiger partial charge in [0.05, 0.1) is 19.0 Å². The number of benzene rings is 1. The molecule has 8 nitrogen and oxygen atoms in total. The maximum absolute atomic E-state index is 13.9. The van der Waals surface area contributed by atoms with E-state index in [1.165, 1.54) is 24.9 Å². The van der Waals surface area contributed by atoms with Crippen LogP contribution in [-0.2, 0) is 12.7 Å². The summed E-state index contributed by atoms with van der Waals surface area (Å²) in [4.78, 5) is 25.6. The number of rotatable bonds is 5. The van der Waals surface area contributed by atoms with Gasteiger partial charge in [0.2, 0.25) is 5.88 Å². The first-order valence-corrected chi connectivity index (χ1v) is 11.4. The summed E-state index contributed by atoms with van der Waals surface area (Å²) in [7, 11) is 1.44. The van der Waals surface area contributed by atoms with Gasteiger partial charge in [-0.1, -0.05) is 30.3 Å². The second-order valence-corrected chi connectivity index (χ2v) is 8.46. The normalized spacial score (nSPS) is 14.8. The number of hydrogen-bond donors (Lipinski definition) is 0. The number of nitrogens with zero attached hydrogens (tertiary/aromatic N) is 6. The number of hydrogen-bond acceptors (Lipinski definition) is 6. The number of alkyl halides is 3. The molecule has 5 rings (SSSR count). The second kappa shape index (κ2) is 9.57. The van der Waals surface area contributed by atoms with E-state index >= 15 is 0 Å². The molecule has 1 aromatic carbocycles. The van der Waals surface area contributed by atoms with Crippen LogP contribution in [0.25, 0.3) is 16.9 Å². The Labute approximate surface area is 204 Å². The fourth-order valence-corrected chi connectivity index (χ4v) is 4.24. The molecule has 0 aliphatic carbocycles. The fourth-order valence-electron chi connectivity index (χ4n) is 4.24. The van der Waals surface area contributed by atoms with Crippen LogP contribution < -0.4 is 4.74 Å². The van der Waals surface area contributed by atoms with Gasteiger partial charge in [0.15, 0.2) is 11.3 Å². The van der Waals surface area contributed by atoms with Gasteiger partial charge in [-0.15, -0.1) is 0 Å². The van der Waals surface area contributed by atoms with Crippen molar-refractivity contribution in [2.24, 2.45) is 0 Å². The Morgan fingerprint density at radius 2 is 1.78 bits per heavy atom. The number of fused-ring (bicyclic) bond motifs is 1. The first-order valence-electron chi connectivity index (χ1n) is 11.4. The number of aromatic nitrogens is 4. The lowest BCUT2D eigenvalue weighted by Crippen LogP contribution is -2.48. The zero-order chi connectivity index (χ0) is 25.3. The molecular formula is C25H23F3N6O2. The minimum atomic E-state index is -4.70. The van der Waals surface area contributed by atoms with Crippen molar-refractivity contribution < 1.29 is 22.7 Å². The molecule has 0 saturated carbocycles. The maximum Gasteiger partial charge on any atom is 0.433 e. The molecule has 36 heavy (non-hydrogen) atoms. The number of amides is 1. The van der Waals surface area contributed by atoms with Crippen molar-refractivity contribution >= 4 is 11.6 Å². The van der Waals surface area contributed by atoms with Gasteiger partial charge in [0.25, 0.3) is 5.91 Å². The number of ether oxygens (including phenoxy) is 1. The smallest absolute Gasteiger partial charge is 0.433 e. The minimum Gasteiger partial charge on any atom is -0.481 e. The average Bonchev–Trinajstić information content (AvgIpc) is 3.32. The van der Waals surface area contributed by atoms with Crippen molar-refractivity contribution in [1.82, 2.24) is 29.4 Å². The van der Waals surface area contributed by atoms with Crippen LogP contribution in [0.5, 0.6) is 5.88 Å². The topological polar surface area (TPSA) is 75.9 Å². The van der Waals surface area contributed by atoms with Crippen molar-refractivity contribution in [1.29, 1.82) is 0 Å². The minimum absolute atomic E-state index is 0.0281. The third-order valence-corrected chi connectivity index (χ3v) is 6.14. The molecule has 4 aromatic rings. The fraction of sp³-hybridized carbons (Fsp3) is 0.280. The maximum atomic E-state index is 13.9. The summed E-state index contributed by atoms with van der Waals surface area (Å²) in [6.07, 6.45) is -2.17. The molecule has 0 N–H and O–H groups in total. The highest BCUT2D eigenvalue weighted by Crippen LogP contribution is 2.33. The summed E-state index contributed by atoms with van der Waals surface area (Å²) < 4.78 is 47.4. The van der Waals surface area contributed by atoms with Crippen LogP contribution in [0.4, 0.5) is 13.2 Å². The van der Waals surface area contributed by atoms with Crippen molar-refractivity contribution in [3.05, 3.63) is 77.7 Å². The third kappa shape index (κ3) is 4.74. The lowest BCUT2D eigenvalue weighted by atomic mass is 10.1. The molecule has 0 spiro atoms. The van der Waals surface area contributed by atoms with Gasteiger partial charge in [-0.05, 0) is 17.7 Å². The van der Waals surface area contributed by atoms with Crippen LogP contribution in [-0.4, -0.2) is 68.6 Å². The molecule has 11 heteroatoms. The molecule has 1 saturated heterocycles. The van der Waals surface area contributed by atoms with E-state index in [1.807, 2.05) is 18.2 Å². The molecule has 0 unspecified atom stereocenters. The summed E-state index contributed by atoms with van der Waals surface area (Å²) in [5, 5.41) is 3.87. The van der Waals surface area contributed by atoms with Gasteiger partial charge >= 0.3 is 6.18 Å². The summed E-state index contributed by atoms with van der Waals surface area (Å²) >= 11 is 0. The van der Waals surface area contributed by atoms with E-state index in [0.717, 1.165) is 18.8 Å². The third-order valence-electron chi connectivity index (χ3n) is 6.14. The highest BCUT2D eigenvalue weighted by molar-refractivity contribution is 6.00. The van der Waals surface area contributed by atoms with Crippen LogP contribution in [0.15, 0.2) is 60.9 Å². The van der Waals surface area contributed by atoms with Gasteiger partial charge in [-0.2, -0.15) is 18.3 Å². The second-order valence-electron chi connectivity index (χ2n) is 8.46. The quantitative estimate of drug-likeness (QED) is 0.419. The number of halogens is 3. The van der Waals surface area contributed by atoms with Crippen molar-refractivity contribution in [2.45, 2.75) is 12.7 Å². The van der Waals surface area contributed by atoms with Crippen LogP contribution in [0.3, 0.4) is 0 Å². The van der Waals surface area contributed by atoms with Gasteiger partial charge in [-0.25, -0.2) is 14.5 Å². The molecular weight excluding hydrogens is 473 g/mol.